The van der Waals surface area contributed by atoms with Crippen molar-refractivity contribution in [2.75, 3.05) is 18.5 Å². The first-order valence-electron chi connectivity index (χ1n) is 7.67. The van der Waals surface area contributed by atoms with E-state index in [2.05, 4.69) is 21.2 Å². The third kappa shape index (κ3) is 5.12. The molecule has 0 saturated carbocycles. The standard InChI is InChI=1S/C19H16BrNO4/c20-14-4-1-6-16(12-14)23-10-11-24-17-7-2-5-15(13-17)21-19(22)18-8-3-9-25-18/h1-9,12-13H,10-11H2,(H,21,22). The molecule has 2 aromatic carbocycles. The lowest BCUT2D eigenvalue weighted by molar-refractivity contribution is 0.0996. The van der Waals surface area contributed by atoms with E-state index in [4.69, 9.17) is 13.9 Å². The largest absolute Gasteiger partial charge is 0.490 e. The number of benzene rings is 2. The topological polar surface area (TPSA) is 60.7 Å². The molecule has 1 N–H and O–H groups in total. The Morgan fingerprint density at radius 1 is 0.960 bits per heavy atom. The van der Waals surface area contributed by atoms with Crippen molar-refractivity contribution in [1.29, 1.82) is 0 Å². The summed E-state index contributed by atoms with van der Waals surface area (Å²) in [5.74, 6) is 1.38. The van der Waals surface area contributed by atoms with Gasteiger partial charge in [0.05, 0.1) is 6.26 Å². The van der Waals surface area contributed by atoms with Crippen molar-refractivity contribution < 1.29 is 18.7 Å². The number of nitrogens with one attached hydrogen (secondary N) is 1. The van der Waals surface area contributed by atoms with E-state index in [1.54, 1.807) is 24.3 Å². The molecular formula is C19H16BrNO4. The first-order chi connectivity index (χ1) is 12.2. The molecule has 3 rings (SSSR count). The molecule has 0 saturated heterocycles. The molecule has 0 fully saturated rings. The normalized spacial score (nSPS) is 10.3. The van der Waals surface area contributed by atoms with Crippen LogP contribution in [0.15, 0.2) is 75.8 Å². The highest BCUT2D eigenvalue weighted by Gasteiger charge is 2.09. The van der Waals surface area contributed by atoms with Gasteiger partial charge in [-0.3, -0.25) is 4.79 Å². The van der Waals surface area contributed by atoms with Gasteiger partial charge in [-0.2, -0.15) is 0 Å². The first kappa shape index (κ1) is 17.1. The number of furan rings is 1. The fraction of sp³-hybridized carbons (Fsp3) is 0.105. The number of amides is 1. The molecule has 1 aromatic heterocycles. The maximum atomic E-state index is 12.0. The van der Waals surface area contributed by atoms with Crippen LogP contribution in [-0.2, 0) is 0 Å². The molecule has 0 aliphatic rings. The fourth-order valence-corrected chi connectivity index (χ4v) is 2.52. The Bertz CT molecular complexity index is 833. The van der Waals surface area contributed by atoms with Gasteiger partial charge in [-0.25, -0.2) is 0 Å². The number of ether oxygens (including phenoxy) is 2. The van der Waals surface area contributed by atoms with E-state index < -0.39 is 0 Å². The number of hydrogen-bond acceptors (Lipinski definition) is 4. The summed E-state index contributed by atoms with van der Waals surface area (Å²) in [4.78, 5) is 12.0. The second kappa shape index (κ2) is 8.39. The molecule has 5 nitrogen and oxygen atoms in total. The summed E-state index contributed by atoms with van der Waals surface area (Å²) < 4.78 is 17.3. The Hall–Kier alpha value is -2.73. The summed E-state index contributed by atoms with van der Waals surface area (Å²) in [7, 11) is 0. The van der Waals surface area contributed by atoms with Crippen LogP contribution in [0.5, 0.6) is 11.5 Å². The SMILES string of the molecule is O=C(Nc1cccc(OCCOc2cccc(Br)c2)c1)c1ccco1. The zero-order valence-electron chi connectivity index (χ0n) is 13.3. The molecule has 1 amide bonds. The van der Waals surface area contributed by atoms with Crippen LogP contribution in [0.3, 0.4) is 0 Å². The van der Waals surface area contributed by atoms with E-state index in [0.717, 1.165) is 10.2 Å². The van der Waals surface area contributed by atoms with Crippen LogP contribution in [0, 0.1) is 0 Å². The summed E-state index contributed by atoms with van der Waals surface area (Å²) in [5.41, 5.74) is 0.631. The van der Waals surface area contributed by atoms with Crippen LogP contribution in [-0.4, -0.2) is 19.1 Å². The summed E-state index contributed by atoms with van der Waals surface area (Å²) in [6.07, 6.45) is 1.46. The zero-order chi connectivity index (χ0) is 17.5. The molecule has 25 heavy (non-hydrogen) atoms. The molecule has 6 heteroatoms. The van der Waals surface area contributed by atoms with Crippen molar-refractivity contribution >= 4 is 27.5 Å². The highest BCUT2D eigenvalue weighted by atomic mass is 79.9. The second-order valence-electron chi connectivity index (χ2n) is 5.11. The van der Waals surface area contributed by atoms with Crippen molar-refractivity contribution in [2.45, 2.75) is 0 Å². The molecule has 0 aliphatic heterocycles. The number of carbonyl (C=O) groups excluding carboxylic acids is 1. The molecule has 0 unspecified atom stereocenters. The Morgan fingerprint density at radius 3 is 2.36 bits per heavy atom. The van der Waals surface area contributed by atoms with Gasteiger partial charge in [0.1, 0.15) is 24.7 Å². The van der Waals surface area contributed by atoms with Gasteiger partial charge in [-0.05, 0) is 42.5 Å². The minimum absolute atomic E-state index is 0.258. The monoisotopic (exact) mass is 401 g/mol. The predicted molar refractivity (Wildman–Crippen MR) is 98.2 cm³/mol. The molecular weight excluding hydrogens is 386 g/mol. The van der Waals surface area contributed by atoms with Crippen LogP contribution in [0.2, 0.25) is 0 Å². The van der Waals surface area contributed by atoms with E-state index in [-0.39, 0.29) is 11.7 Å². The van der Waals surface area contributed by atoms with Gasteiger partial charge in [-0.1, -0.05) is 28.1 Å². The van der Waals surface area contributed by atoms with Gasteiger partial charge in [0.25, 0.3) is 5.91 Å². The lowest BCUT2D eigenvalue weighted by Gasteiger charge is -2.10. The van der Waals surface area contributed by atoms with E-state index in [0.29, 0.717) is 24.7 Å². The molecule has 3 aromatic rings. The molecule has 0 aliphatic carbocycles. The number of anilines is 1. The van der Waals surface area contributed by atoms with Crippen molar-refractivity contribution in [2.24, 2.45) is 0 Å². The second-order valence-corrected chi connectivity index (χ2v) is 6.03. The summed E-state index contributed by atoms with van der Waals surface area (Å²) in [5, 5.41) is 2.76. The van der Waals surface area contributed by atoms with Crippen molar-refractivity contribution in [3.8, 4) is 11.5 Å². The van der Waals surface area contributed by atoms with Gasteiger partial charge in [0.2, 0.25) is 0 Å². The lowest BCUT2D eigenvalue weighted by Crippen LogP contribution is -2.11. The highest BCUT2D eigenvalue weighted by molar-refractivity contribution is 9.10. The summed E-state index contributed by atoms with van der Waals surface area (Å²) >= 11 is 3.40. The van der Waals surface area contributed by atoms with Crippen LogP contribution < -0.4 is 14.8 Å². The average molecular weight is 402 g/mol. The van der Waals surface area contributed by atoms with Gasteiger partial charge < -0.3 is 19.2 Å². The molecule has 0 atom stereocenters. The first-order valence-corrected chi connectivity index (χ1v) is 8.46. The molecule has 128 valence electrons. The van der Waals surface area contributed by atoms with Gasteiger partial charge in [-0.15, -0.1) is 0 Å². The lowest BCUT2D eigenvalue weighted by atomic mass is 10.3. The molecule has 0 bridgehead atoms. The quantitative estimate of drug-likeness (QED) is 0.580. The van der Waals surface area contributed by atoms with Crippen molar-refractivity contribution in [3.05, 3.63) is 77.2 Å². The summed E-state index contributed by atoms with van der Waals surface area (Å²) in [6.45, 7) is 0.807. The van der Waals surface area contributed by atoms with Gasteiger partial charge >= 0.3 is 0 Å². The zero-order valence-corrected chi connectivity index (χ0v) is 14.9. The minimum atomic E-state index is -0.305. The summed E-state index contributed by atoms with van der Waals surface area (Å²) in [6, 6.07) is 18.1. The number of halogens is 1. The van der Waals surface area contributed by atoms with E-state index in [1.807, 2.05) is 36.4 Å². The van der Waals surface area contributed by atoms with Crippen LogP contribution in [0.1, 0.15) is 10.6 Å². The predicted octanol–water partition coefficient (Wildman–Crippen LogP) is 4.75. The van der Waals surface area contributed by atoms with Gasteiger partial charge in [0.15, 0.2) is 5.76 Å². The maximum absolute atomic E-state index is 12.0. The van der Waals surface area contributed by atoms with Crippen LogP contribution in [0.4, 0.5) is 5.69 Å². The number of hydrogen-bond donors (Lipinski definition) is 1. The molecule has 0 spiro atoms. The Kier molecular flexibility index (Phi) is 5.74. The fourth-order valence-electron chi connectivity index (χ4n) is 2.14. The third-order valence-electron chi connectivity index (χ3n) is 3.25. The smallest absolute Gasteiger partial charge is 0.291 e. The van der Waals surface area contributed by atoms with Gasteiger partial charge in [0, 0.05) is 16.2 Å². The van der Waals surface area contributed by atoms with Crippen molar-refractivity contribution in [1.82, 2.24) is 0 Å². The minimum Gasteiger partial charge on any atom is -0.490 e. The Morgan fingerprint density at radius 2 is 1.68 bits per heavy atom. The Balaban J connectivity index is 1.49. The molecule has 1 heterocycles. The van der Waals surface area contributed by atoms with E-state index in [9.17, 15) is 4.79 Å². The van der Waals surface area contributed by atoms with Crippen molar-refractivity contribution in [3.63, 3.8) is 0 Å². The van der Waals surface area contributed by atoms with E-state index >= 15 is 0 Å². The van der Waals surface area contributed by atoms with Crippen LogP contribution in [0.25, 0.3) is 0 Å². The maximum Gasteiger partial charge on any atom is 0.291 e. The Labute approximate surface area is 153 Å². The molecule has 0 radical (unpaired) electrons. The van der Waals surface area contributed by atoms with Crippen LogP contribution >= 0.6 is 15.9 Å². The number of carbonyl (C=O) groups is 1. The average Bonchev–Trinajstić information content (AvgIpc) is 3.14. The third-order valence-corrected chi connectivity index (χ3v) is 3.75. The highest BCUT2D eigenvalue weighted by Crippen LogP contribution is 2.19. The number of rotatable bonds is 7. The van der Waals surface area contributed by atoms with E-state index in [1.165, 1.54) is 6.26 Å².